The standard InChI is InChI=1S/C20H24ClN3O5S2/c1-11-18(30-20(22-11)23-13(3)25)14-8-9-16(21)17(10-14)31(27,28)24-12(2)19(26)29-15-6-4-5-7-15/h8-10,12,15,24H,4-7H2,1-3H3,(H,22,23,25)/t12-/m0/s1. The smallest absolute Gasteiger partial charge is 0.324 e. The molecule has 1 amide bonds. The van der Waals surface area contributed by atoms with Gasteiger partial charge in [0.15, 0.2) is 5.13 Å². The van der Waals surface area contributed by atoms with E-state index in [1.807, 2.05) is 0 Å². The number of carbonyl (C=O) groups excluding carboxylic acids is 2. The maximum absolute atomic E-state index is 13.0. The summed E-state index contributed by atoms with van der Waals surface area (Å²) in [7, 11) is -4.09. The fourth-order valence-electron chi connectivity index (χ4n) is 3.34. The van der Waals surface area contributed by atoms with Crippen molar-refractivity contribution in [2.45, 2.75) is 63.5 Å². The van der Waals surface area contributed by atoms with Crippen LogP contribution in [0.15, 0.2) is 23.1 Å². The molecule has 0 radical (unpaired) electrons. The minimum absolute atomic E-state index is 0.0249. The number of hydrogen-bond acceptors (Lipinski definition) is 7. The number of halogens is 1. The number of rotatable bonds is 7. The maximum Gasteiger partial charge on any atom is 0.324 e. The number of nitrogens with zero attached hydrogens (tertiary/aromatic N) is 1. The first-order valence-corrected chi connectivity index (χ1v) is 12.5. The summed E-state index contributed by atoms with van der Waals surface area (Å²) in [5, 5.41) is 3.06. The van der Waals surface area contributed by atoms with Gasteiger partial charge in [-0.05, 0) is 57.2 Å². The molecule has 0 spiro atoms. The van der Waals surface area contributed by atoms with Crippen molar-refractivity contribution in [2.24, 2.45) is 0 Å². The number of esters is 1. The largest absolute Gasteiger partial charge is 0.461 e. The van der Waals surface area contributed by atoms with Crippen LogP contribution in [0.5, 0.6) is 0 Å². The Kier molecular flexibility index (Phi) is 7.35. The van der Waals surface area contributed by atoms with Crippen LogP contribution in [0.4, 0.5) is 5.13 Å². The van der Waals surface area contributed by atoms with Crippen molar-refractivity contribution >= 4 is 50.0 Å². The number of hydrogen-bond donors (Lipinski definition) is 2. The third kappa shape index (κ3) is 5.82. The lowest BCUT2D eigenvalue weighted by molar-refractivity contribution is -0.150. The van der Waals surface area contributed by atoms with E-state index in [0.717, 1.165) is 25.7 Å². The van der Waals surface area contributed by atoms with Gasteiger partial charge in [-0.3, -0.25) is 9.59 Å². The molecule has 0 saturated heterocycles. The van der Waals surface area contributed by atoms with Gasteiger partial charge in [-0.15, -0.1) is 0 Å². The summed E-state index contributed by atoms with van der Waals surface area (Å²) in [5.74, 6) is -0.858. The topological polar surface area (TPSA) is 114 Å². The van der Waals surface area contributed by atoms with Crippen LogP contribution in [0, 0.1) is 6.92 Å². The molecule has 1 aromatic heterocycles. The molecule has 0 bridgehead atoms. The number of benzene rings is 1. The van der Waals surface area contributed by atoms with Gasteiger partial charge in [0.1, 0.15) is 17.0 Å². The number of carbonyl (C=O) groups is 2. The monoisotopic (exact) mass is 485 g/mol. The van der Waals surface area contributed by atoms with E-state index < -0.39 is 22.0 Å². The van der Waals surface area contributed by atoms with Gasteiger partial charge in [-0.2, -0.15) is 4.72 Å². The normalized spacial score (nSPS) is 15.6. The number of aromatic nitrogens is 1. The number of aryl methyl sites for hydroxylation is 1. The Morgan fingerprint density at radius 3 is 2.61 bits per heavy atom. The van der Waals surface area contributed by atoms with Crippen molar-refractivity contribution < 1.29 is 22.7 Å². The molecule has 2 aromatic rings. The Morgan fingerprint density at radius 1 is 1.29 bits per heavy atom. The van der Waals surface area contributed by atoms with Crippen molar-refractivity contribution in [3.05, 3.63) is 28.9 Å². The van der Waals surface area contributed by atoms with Gasteiger partial charge in [-0.25, -0.2) is 13.4 Å². The molecule has 31 heavy (non-hydrogen) atoms. The molecule has 1 saturated carbocycles. The second-order valence-corrected chi connectivity index (χ2v) is 10.5. The van der Waals surface area contributed by atoms with Crippen LogP contribution in [0.25, 0.3) is 10.4 Å². The Labute approximate surface area is 190 Å². The summed E-state index contributed by atoms with van der Waals surface area (Å²) in [6.07, 6.45) is 3.45. The minimum Gasteiger partial charge on any atom is -0.461 e. The van der Waals surface area contributed by atoms with E-state index in [1.165, 1.54) is 37.3 Å². The van der Waals surface area contributed by atoms with Crippen LogP contribution in [0.3, 0.4) is 0 Å². The van der Waals surface area contributed by atoms with Crippen LogP contribution >= 0.6 is 22.9 Å². The van der Waals surface area contributed by atoms with Crippen molar-refractivity contribution in [3.63, 3.8) is 0 Å². The van der Waals surface area contributed by atoms with Gasteiger partial charge < -0.3 is 10.1 Å². The van der Waals surface area contributed by atoms with Crippen LogP contribution in [0.1, 0.15) is 45.2 Å². The minimum atomic E-state index is -4.09. The zero-order chi connectivity index (χ0) is 22.8. The van der Waals surface area contributed by atoms with Crippen molar-refractivity contribution in [3.8, 4) is 10.4 Å². The van der Waals surface area contributed by atoms with Gasteiger partial charge in [0.2, 0.25) is 15.9 Å². The summed E-state index contributed by atoms with van der Waals surface area (Å²) < 4.78 is 33.6. The molecule has 8 nitrogen and oxygen atoms in total. The molecule has 1 heterocycles. The maximum atomic E-state index is 13.0. The number of amides is 1. The van der Waals surface area contributed by atoms with Crippen LogP contribution in [0.2, 0.25) is 5.02 Å². The van der Waals surface area contributed by atoms with Gasteiger partial charge >= 0.3 is 5.97 Å². The lowest BCUT2D eigenvalue weighted by Crippen LogP contribution is -2.40. The predicted molar refractivity (Wildman–Crippen MR) is 120 cm³/mol. The zero-order valence-corrected chi connectivity index (χ0v) is 19.8. The second-order valence-electron chi connectivity index (χ2n) is 7.45. The first-order valence-electron chi connectivity index (χ1n) is 9.84. The molecule has 1 atom stereocenters. The number of anilines is 1. The molecule has 1 aromatic carbocycles. The lowest BCUT2D eigenvalue weighted by atomic mass is 10.2. The second kappa shape index (κ2) is 9.64. The number of ether oxygens (including phenoxy) is 1. The van der Waals surface area contributed by atoms with E-state index in [1.54, 1.807) is 13.0 Å². The fourth-order valence-corrected chi connectivity index (χ4v) is 6.06. The SMILES string of the molecule is CC(=O)Nc1nc(C)c(-c2ccc(Cl)c(S(=O)(=O)N[C@@H](C)C(=O)OC3CCCC3)c2)s1. The first-order chi connectivity index (χ1) is 14.6. The average molecular weight is 486 g/mol. The van der Waals surface area contributed by atoms with E-state index >= 15 is 0 Å². The van der Waals surface area contributed by atoms with Gasteiger partial charge in [-0.1, -0.05) is 29.0 Å². The summed E-state index contributed by atoms with van der Waals surface area (Å²) in [6.45, 7) is 4.59. The highest BCUT2D eigenvalue weighted by Gasteiger charge is 2.28. The third-order valence-corrected chi connectivity index (χ3v) is 7.98. The molecule has 0 unspecified atom stereocenters. The number of sulfonamides is 1. The summed E-state index contributed by atoms with van der Waals surface area (Å²) in [5.41, 5.74) is 1.22. The van der Waals surface area contributed by atoms with Crippen molar-refractivity contribution in [1.29, 1.82) is 0 Å². The Balaban J connectivity index is 1.82. The van der Waals surface area contributed by atoms with Crippen LogP contribution in [-0.2, 0) is 24.3 Å². The highest BCUT2D eigenvalue weighted by atomic mass is 35.5. The van der Waals surface area contributed by atoms with Crippen LogP contribution in [-0.4, -0.2) is 37.4 Å². The Morgan fingerprint density at radius 2 is 1.97 bits per heavy atom. The summed E-state index contributed by atoms with van der Waals surface area (Å²) in [4.78, 5) is 28.4. The summed E-state index contributed by atoms with van der Waals surface area (Å²) in [6, 6.07) is 3.53. The Bertz CT molecular complexity index is 1090. The Hall–Kier alpha value is -2.01. The van der Waals surface area contributed by atoms with Gasteiger partial charge in [0.25, 0.3) is 0 Å². The van der Waals surface area contributed by atoms with E-state index in [9.17, 15) is 18.0 Å². The quantitative estimate of drug-likeness (QED) is 0.575. The molecule has 11 heteroatoms. The molecule has 168 valence electrons. The molecule has 1 fully saturated rings. The highest BCUT2D eigenvalue weighted by Crippen LogP contribution is 2.35. The molecular formula is C20H24ClN3O5S2. The number of nitrogens with one attached hydrogen (secondary N) is 2. The first kappa shape index (κ1) is 23.6. The highest BCUT2D eigenvalue weighted by molar-refractivity contribution is 7.89. The van der Waals surface area contributed by atoms with Crippen LogP contribution < -0.4 is 10.0 Å². The van der Waals surface area contributed by atoms with Gasteiger partial charge in [0.05, 0.1) is 15.6 Å². The average Bonchev–Trinajstić information content (AvgIpc) is 3.30. The lowest BCUT2D eigenvalue weighted by Gasteiger charge is -2.17. The van der Waals surface area contributed by atoms with E-state index in [2.05, 4.69) is 15.0 Å². The summed E-state index contributed by atoms with van der Waals surface area (Å²) >= 11 is 7.41. The van der Waals surface area contributed by atoms with Crippen molar-refractivity contribution in [1.82, 2.24) is 9.71 Å². The van der Waals surface area contributed by atoms with E-state index in [-0.39, 0.29) is 21.9 Å². The predicted octanol–water partition coefficient (Wildman–Crippen LogP) is 3.88. The molecule has 1 aliphatic rings. The molecular weight excluding hydrogens is 462 g/mol. The van der Waals surface area contributed by atoms with E-state index in [0.29, 0.717) is 21.3 Å². The van der Waals surface area contributed by atoms with Crippen molar-refractivity contribution in [2.75, 3.05) is 5.32 Å². The zero-order valence-electron chi connectivity index (χ0n) is 17.4. The van der Waals surface area contributed by atoms with E-state index in [4.69, 9.17) is 16.3 Å². The fraction of sp³-hybridized carbons (Fsp3) is 0.450. The molecule has 1 aliphatic carbocycles. The molecule has 2 N–H and O–H groups in total. The third-order valence-electron chi connectivity index (χ3n) is 4.83. The number of thiazole rings is 1. The molecule has 3 rings (SSSR count). The molecule has 0 aliphatic heterocycles. The van der Waals surface area contributed by atoms with Gasteiger partial charge in [0, 0.05) is 6.92 Å².